The number of nitrogens with one attached hydrogen (secondary N) is 3. The van der Waals surface area contributed by atoms with Crippen LogP contribution in [-0.2, 0) is 0 Å². The Morgan fingerprint density at radius 1 is 1.40 bits per heavy atom. The number of nitrogens with zero attached hydrogens (tertiary/aromatic N) is 3. The summed E-state index contributed by atoms with van der Waals surface area (Å²) < 4.78 is 0. The average molecular weight is 335 g/mol. The number of hydrogen-bond acceptors (Lipinski definition) is 6. The third-order valence-electron chi connectivity index (χ3n) is 3.19. The highest BCUT2D eigenvalue weighted by atomic mass is 35.5. The van der Waals surface area contributed by atoms with Gasteiger partial charge < -0.3 is 10.6 Å². The fourth-order valence-electron chi connectivity index (χ4n) is 2.30. The summed E-state index contributed by atoms with van der Waals surface area (Å²) in [6, 6.07) is 0.368. The largest absolute Gasteiger partial charge is 0.365 e. The Kier molecular flexibility index (Phi) is 5.31. The predicted molar refractivity (Wildman–Crippen MR) is 85.2 cm³/mol. The number of fused-ring (bicyclic) bond motifs is 1. The number of rotatable bonds is 3. The fraction of sp³-hybridized carbons (Fsp3) is 0.545. The topological polar surface area (TPSA) is 78.5 Å². The van der Waals surface area contributed by atoms with Gasteiger partial charge in [0.15, 0.2) is 5.65 Å². The Bertz CT molecular complexity index is 584. The molecule has 2 aromatic rings. The summed E-state index contributed by atoms with van der Waals surface area (Å²) in [6.45, 7) is 2.02. The van der Waals surface area contributed by atoms with Crippen LogP contribution in [-0.4, -0.2) is 45.6 Å². The van der Waals surface area contributed by atoms with E-state index in [0.29, 0.717) is 11.7 Å². The molecule has 1 aliphatic heterocycles. The van der Waals surface area contributed by atoms with Crippen molar-refractivity contribution in [1.29, 1.82) is 0 Å². The van der Waals surface area contributed by atoms with Crippen molar-refractivity contribution in [2.24, 2.45) is 0 Å². The van der Waals surface area contributed by atoms with Crippen molar-refractivity contribution >= 4 is 52.6 Å². The van der Waals surface area contributed by atoms with Gasteiger partial charge in [0.05, 0.1) is 5.39 Å². The molecular formula is C11H16Cl2N6S. The van der Waals surface area contributed by atoms with Gasteiger partial charge in [-0.25, -0.2) is 0 Å². The molecule has 9 heteroatoms. The summed E-state index contributed by atoms with van der Waals surface area (Å²) >= 11 is 7.53. The van der Waals surface area contributed by atoms with E-state index in [1.807, 2.05) is 6.26 Å². The second-order valence-corrected chi connectivity index (χ2v) is 5.62. The Morgan fingerprint density at radius 2 is 2.25 bits per heavy atom. The fourth-order valence-corrected chi connectivity index (χ4v) is 3.00. The lowest BCUT2D eigenvalue weighted by atomic mass is 10.1. The number of aromatic amines is 1. The maximum atomic E-state index is 5.96. The molecule has 6 nitrogen and oxygen atoms in total. The molecule has 0 aliphatic carbocycles. The molecule has 110 valence electrons. The smallest absolute Gasteiger partial charge is 0.226 e. The molecule has 3 rings (SSSR count). The number of piperidine rings is 1. The van der Waals surface area contributed by atoms with E-state index in [1.54, 1.807) is 11.8 Å². The summed E-state index contributed by atoms with van der Waals surface area (Å²) in [6.07, 6.45) is 4.28. The molecule has 0 bridgehead atoms. The number of H-pyrrole nitrogens is 1. The van der Waals surface area contributed by atoms with Crippen molar-refractivity contribution in [3.63, 3.8) is 0 Å². The molecule has 1 saturated heterocycles. The van der Waals surface area contributed by atoms with Gasteiger partial charge in [-0.15, -0.1) is 24.2 Å². The second kappa shape index (κ2) is 6.80. The van der Waals surface area contributed by atoms with Gasteiger partial charge >= 0.3 is 0 Å². The van der Waals surface area contributed by atoms with E-state index < -0.39 is 0 Å². The molecule has 0 amide bonds. The molecule has 2 aromatic heterocycles. The van der Waals surface area contributed by atoms with Crippen LogP contribution in [0.5, 0.6) is 0 Å². The predicted octanol–water partition coefficient (Wildman–Crippen LogP) is 2.31. The first-order valence-corrected chi connectivity index (χ1v) is 7.81. The van der Waals surface area contributed by atoms with E-state index in [4.69, 9.17) is 11.6 Å². The normalized spacial score (nSPS) is 18.8. The number of hydrogen-bond donors (Lipinski definition) is 3. The molecular weight excluding hydrogens is 319 g/mol. The highest BCUT2D eigenvalue weighted by Gasteiger charge is 2.18. The Balaban J connectivity index is 0.00000147. The number of thioether (sulfide) groups is 1. The van der Waals surface area contributed by atoms with Gasteiger partial charge in [-0.3, -0.25) is 5.10 Å². The Hall–Kier alpha value is -0.760. The van der Waals surface area contributed by atoms with E-state index in [2.05, 4.69) is 30.8 Å². The minimum atomic E-state index is 0. The highest BCUT2D eigenvalue weighted by Crippen LogP contribution is 2.29. The lowest BCUT2D eigenvalue weighted by molar-refractivity contribution is 0.479. The van der Waals surface area contributed by atoms with Gasteiger partial charge in [0.25, 0.3) is 0 Å². The van der Waals surface area contributed by atoms with Gasteiger partial charge in [0, 0.05) is 12.6 Å². The van der Waals surface area contributed by atoms with Crippen molar-refractivity contribution in [1.82, 2.24) is 25.5 Å². The summed E-state index contributed by atoms with van der Waals surface area (Å²) in [7, 11) is 0. The van der Waals surface area contributed by atoms with Crippen molar-refractivity contribution in [3.8, 4) is 0 Å². The molecule has 3 N–H and O–H groups in total. The number of halogens is 2. The van der Waals surface area contributed by atoms with Crippen LogP contribution < -0.4 is 10.6 Å². The minimum Gasteiger partial charge on any atom is -0.365 e. The average Bonchev–Trinajstić information content (AvgIpc) is 2.82. The van der Waals surface area contributed by atoms with Crippen molar-refractivity contribution in [2.75, 3.05) is 24.7 Å². The van der Waals surface area contributed by atoms with E-state index in [1.165, 1.54) is 6.42 Å². The number of anilines is 1. The van der Waals surface area contributed by atoms with Crippen molar-refractivity contribution in [2.45, 2.75) is 23.9 Å². The van der Waals surface area contributed by atoms with E-state index >= 15 is 0 Å². The van der Waals surface area contributed by atoms with Crippen LogP contribution in [0.3, 0.4) is 0 Å². The van der Waals surface area contributed by atoms with Crippen LogP contribution in [0.4, 0.5) is 5.82 Å². The van der Waals surface area contributed by atoms with Crippen molar-refractivity contribution < 1.29 is 0 Å². The summed E-state index contributed by atoms with van der Waals surface area (Å²) in [4.78, 5) is 8.48. The molecule has 0 saturated carbocycles. The molecule has 1 fully saturated rings. The first-order valence-electron chi connectivity index (χ1n) is 6.21. The zero-order valence-electron chi connectivity index (χ0n) is 10.9. The van der Waals surface area contributed by atoms with Crippen LogP contribution in [0.2, 0.25) is 5.28 Å². The third-order valence-corrected chi connectivity index (χ3v) is 4.04. The highest BCUT2D eigenvalue weighted by molar-refractivity contribution is 7.98. The van der Waals surface area contributed by atoms with Crippen molar-refractivity contribution in [3.05, 3.63) is 5.28 Å². The van der Waals surface area contributed by atoms with Crippen LogP contribution in [0.25, 0.3) is 11.0 Å². The summed E-state index contributed by atoms with van der Waals surface area (Å²) in [5, 5.41) is 16.0. The van der Waals surface area contributed by atoms with E-state index in [0.717, 1.165) is 35.7 Å². The Morgan fingerprint density at radius 3 is 2.95 bits per heavy atom. The molecule has 1 aliphatic rings. The first-order chi connectivity index (χ1) is 9.28. The third kappa shape index (κ3) is 3.11. The zero-order valence-corrected chi connectivity index (χ0v) is 13.3. The van der Waals surface area contributed by atoms with Gasteiger partial charge in [0.1, 0.15) is 10.8 Å². The van der Waals surface area contributed by atoms with E-state index in [-0.39, 0.29) is 17.7 Å². The van der Waals surface area contributed by atoms with Gasteiger partial charge in [-0.2, -0.15) is 15.1 Å². The van der Waals surface area contributed by atoms with Gasteiger partial charge in [-0.1, -0.05) is 0 Å². The molecule has 20 heavy (non-hydrogen) atoms. The molecule has 0 aromatic carbocycles. The van der Waals surface area contributed by atoms with Crippen LogP contribution in [0.15, 0.2) is 5.03 Å². The number of aromatic nitrogens is 4. The molecule has 3 heterocycles. The zero-order chi connectivity index (χ0) is 13.2. The quantitative estimate of drug-likeness (QED) is 0.590. The molecule has 0 spiro atoms. The minimum absolute atomic E-state index is 0. The summed E-state index contributed by atoms with van der Waals surface area (Å²) in [5.74, 6) is 0.766. The Labute approximate surface area is 132 Å². The van der Waals surface area contributed by atoms with E-state index in [9.17, 15) is 0 Å². The standard InChI is InChI=1S/C11H15ClN6S.ClH/c1-19-10-7-8(14-6-3-2-4-13-5-6)15-11(12)16-9(7)17-18-10;/h6,13H,2-5H2,1H3,(H2,14,15,16,17,18);1H. The van der Waals surface area contributed by atoms with Gasteiger partial charge in [-0.05, 0) is 37.2 Å². The van der Waals surface area contributed by atoms with Crippen LogP contribution in [0, 0.1) is 0 Å². The monoisotopic (exact) mass is 334 g/mol. The lowest BCUT2D eigenvalue weighted by Gasteiger charge is -2.24. The SMILES string of the molecule is CSc1n[nH]c2nc(Cl)nc(NC3CCCNC3)c12.Cl. The summed E-state index contributed by atoms with van der Waals surface area (Å²) in [5.41, 5.74) is 0.676. The van der Waals surface area contributed by atoms with Crippen LogP contribution in [0.1, 0.15) is 12.8 Å². The van der Waals surface area contributed by atoms with Gasteiger partial charge in [0.2, 0.25) is 5.28 Å². The molecule has 1 unspecified atom stereocenters. The first kappa shape index (κ1) is 15.6. The molecule has 0 radical (unpaired) electrons. The maximum absolute atomic E-state index is 5.96. The molecule has 1 atom stereocenters. The lowest BCUT2D eigenvalue weighted by Crippen LogP contribution is -2.38. The van der Waals surface area contributed by atoms with Crippen LogP contribution >= 0.6 is 35.8 Å². The second-order valence-electron chi connectivity index (χ2n) is 4.49. The maximum Gasteiger partial charge on any atom is 0.226 e.